The molecule has 5 nitrogen and oxygen atoms in total. The Morgan fingerprint density at radius 3 is 2.68 bits per heavy atom. The van der Waals surface area contributed by atoms with Crippen LogP contribution >= 0.6 is 0 Å². The summed E-state index contributed by atoms with van der Waals surface area (Å²) in [5.41, 5.74) is 3.31. The van der Waals surface area contributed by atoms with Crippen LogP contribution in [0.1, 0.15) is 18.3 Å². The summed E-state index contributed by atoms with van der Waals surface area (Å²) in [7, 11) is 0. The Hall–Kier alpha value is -2.82. The molecule has 1 amide bonds. The summed E-state index contributed by atoms with van der Waals surface area (Å²) in [6, 6.07) is 15.8. The first-order valence-electron chi connectivity index (χ1n) is 8.57. The van der Waals surface area contributed by atoms with Crippen LogP contribution < -0.4 is 10.1 Å². The third-order valence-corrected chi connectivity index (χ3v) is 4.20. The Morgan fingerprint density at radius 2 is 1.92 bits per heavy atom. The van der Waals surface area contributed by atoms with Gasteiger partial charge in [0.2, 0.25) is 0 Å². The number of nitrogens with zero attached hydrogens (tertiary/aromatic N) is 2. The summed E-state index contributed by atoms with van der Waals surface area (Å²) in [5, 5.41) is 2.89. The van der Waals surface area contributed by atoms with Crippen molar-refractivity contribution in [2.24, 2.45) is 0 Å². The van der Waals surface area contributed by atoms with Crippen molar-refractivity contribution in [3.05, 3.63) is 59.9 Å². The van der Waals surface area contributed by atoms with Gasteiger partial charge in [-0.05, 0) is 43.2 Å². The van der Waals surface area contributed by atoms with Crippen molar-refractivity contribution in [3.63, 3.8) is 0 Å². The van der Waals surface area contributed by atoms with Gasteiger partial charge in [-0.25, -0.2) is 4.98 Å². The van der Waals surface area contributed by atoms with E-state index in [4.69, 9.17) is 4.74 Å². The topological polar surface area (TPSA) is 56.1 Å². The number of imidazole rings is 1. The second kappa shape index (κ2) is 7.83. The van der Waals surface area contributed by atoms with Crippen molar-refractivity contribution in [3.8, 4) is 5.75 Å². The quantitative estimate of drug-likeness (QED) is 0.721. The average Bonchev–Trinajstić information content (AvgIpc) is 2.96. The van der Waals surface area contributed by atoms with Crippen LogP contribution in [0.15, 0.2) is 48.5 Å². The van der Waals surface area contributed by atoms with Gasteiger partial charge < -0.3 is 14.6 Å². The highest BCUT2D eigenvalue weighted by Crippen LogP contribution is 2.15. The number of aromatic nitrogens is 2. The highest BCUT2D eigenvalue weighted by atomic mass is 16.5. The molecule has 0 bridgehead atoms. The minimum atomic E-state index is -0.123. The van der Waals surface area contributed by atoms with E-state index in [1.165, 1.54) is 5.56 Å². The molecule has 1 N–H and O–H groups in total. The first kappa shape index (κ1) is 17.0. The number of ether oxygens (including phenoxy) is 1. The van der Waals surface area contributed by atoms with Crippen molar-refractivity contribution >= 4 is 16.9 Å². The van der Waals surface area contributed by atoms with Gasteiger partial charge in [-0.15, -0.1) is 0 Å². The third kappa shape index (κ3) is 4.18. The molecule has 0 aliphatic rings. The number of carbonyl (C=O) groups excluding carboxylic acids is 1. The maximum absolute atomic E-state index is 12.0. The lowest BCUT2D eigenvalue weighted by Crippen LogP contribution is -2.31. The highest BCUT2D eigenvalue weighted by molar-refractivity contribution is 5.78. The fourth-order valence-electron chi connectivity index (χ4n) is 2.81. The minimum Gasteiger partial charge on any atom is -0.484 e. The monoisotopic (exact) mass is 337 g/mol. The van der Waals surface area contributed by atoms with E-state index in [1.54, 1.807) is 0 Å². The van der Waals surface area contributed by atoms with Crippen molar-refractivity contribution in [1.82, 2.24) is 14.9 Å². The van der Waals surface area contributed by atoms with Crippen molar-refractivity contribution in [1.29, 1.82) is 0 Å². The Morgan fingerprint density at radius 1 is 1.16 bits per heavy atom. The van der Waals surface area contributed by atoms with Gasteiger partial charge in [0.15, 0.2) is 6.61 Å². The fraction of sp³-hybridized carbons (Fsp3) is 0.300. The standard InChI is InChI=1S/C20H23N3O2/c1-3-16-8-10-17(11-9-16)25-14-20(24)21-12-13-23-15(2)22-18-6-4-5-7-19(18)23/h4-11H,3,12-14H2,1-2H3,(H,21,24). The summed E-state index contributed by atoms with van der Waals surface area (Å²) in [6.45, 7) is 5.33. The SMILES string of the molecule is CCc1ccc(OCC(=O)NCCn2c(C)nc3ccccc32)cc1. The largest absolute Gasteiger partial charge is 0.484 e. The van der Waals surface area contributed by atoms with Crippen LogP contribution in [0.5, 0.6) is 5.75 Å². The molecule has 0 radical (unpaired) electrons. The maximum Gasteiger partial charge on any atom is 0.258 e. The highest BCUT2D eigenvalue weighted by Gasteiger charge is 2.07. The van der Waals surface area contributed by atoms with Crippen LogP contribution in [0, 0.1) is 6.92 Å². The fourth-order valence-corrected chi connectivity index (χ4v) is 2.81. The first-order chi connectivity index (χ1) is 12.2. The van der Waals surface area contributed by atoms with Gasteiger partial charge in [-0.3, -0.25) is 4.79 Å². The van der Waals surface area contributed by atoms with E-state index >= 15 is 0 Å². The van der Waals surface area contributed by atoms with Gasteiger partial charge in [0.25, 0.3) is 5.91 Å². The molecule has 3 rings (SSSR count). The molecule has 0 fully saturated rings. The van der Waals surface area contributed by atoms with E-state index in [1.807, 2.05) is 55.5 Å². The van der Waals surface area contributed by atoms with Gasteiger partial charge in [-0.1, -0.05) is 31.2 Å². The van der Waals surface area contributed by atoms with E-state index in [2.05, 4.69) is 21.8 Å². The number of rotatable bonds is 7. The second-order valence-corrected chi connectivity index (χ2v) is 5.94. The molecule has 5 heteroatoms. The number of para-hydroxylation sites is 2. The summed E-state index contributed by atoms with van der Waals surface area (Å²) >= 11 is 0. The molecule has 2 aromatic carbocycles. The molecule has 0 saturated heterocycles. The predicted octanol–water partition coefficient (Wildman–Crippen LogP) is 3.10. The number of nitrogens with one attached hydrogen (secondary N) is 1. The number of benzene rings is 2. The number of amides is 1. The second-order valence-electron chi connectivity index (χ2n) is 5.94. The normalized spacial score (nSPS) is 10.8. The average molecular weight is 337 g/mol. The number of aryl methyl sites for hydroxylation is 2. The van der Waals surface area contributed by atoms with Crippen LogP contribution in [0.2, 0.25) is 0 Å². The smallest absolute Gasteiger partial charge is 0.258 e. The van der Waals surface area contributed by atoms with Crippen LogP contribution in [0.25, 0.3) is 11.0 Å². The predicted molar refractivity (Wildman–Crippen MR) is 98.8 cm³/mol. The van der Waals surface area contributed by atoms with E-state index < -0.39 is 0 Å². The number of hydrogen-bond acceptors (Lipinski definition) is 3. The molecule has 0 unspecified atom stereocenters. The van der Waals surface area contributed by atoms with Gasteiger partial charge in [0.05, 0.1) is 11.0 Å². The zero-order valence-electron chi connectivity index (χ0n) is 14.7. The van der Waals surface area contributed by atoms with Crippen LogP contribution in [-0.4, -0.2) is 28.6 Å². The molecule has 0 atom stereocenters. The van der Waals surface area contributed by atoms with Gasteiger partial charge >= 0.3 is 0 Å². The zero-order chi connectivity index (χ0) is 17.6. The molecular formula is C20H23N3O2. The van der Waals surface area contributed by atoms with E-state index in [0.717, 1.165) is 23.3 Å². The van der Waals surface area contributed by atoms with E-state index in [-0.39, 0.29) is 12.5 Å². The number of hydrogen-bond donors (Lipinski definition) is 1. The lowest BCUT2D eigenvalue weighted by molar-refractivity contribution is -0.123. The van der Waals surface area contributed by atoms with Gasteiger partial charge in [0, 0.05) is 13.1 Å². The van der Waals surface area contributed by atoms with Crippen molar-refractivity contribution < 1.29 is 9.53 Å². The van der Waals surface area contributed by atoms with E-state index in [9.17, 15) is 4.79 Å². The lowest BCUT2D eigenvalue weighted by atomic mass is 10.2. The van der Waals surface area contributed by atoms with Crippen LogP contribution in [-0.2, 0) is 17.8 Å². The van der Waals surface area contributed by atoms with Gasteiger partial charge in [-0.2, -0.15) is 0 Å². The minimum absolute atomic E-state index is 0.0229. The molecule has 1 heterocycles. The summed E-state index contributed by atoms with van der Waals surface area (Å²) in [4.78, 5) is 16.5. The Bertz CT molecular complexity index is 853. The van der Waals surface area contributed by atoms with Crippen molar-refractivity contribution in [2.75, 3.05) is 13.2 Å². The summed E-state index contributed by atoms with van der Waals surface area (Å²) in [5.74, 6) is 1.54. The summed E-state index contributed by atoms with van der Waals surface area (Å²) in [6.07, 6.45) is 0.989. The number of fused-ring (bicyclic) bond motifs is 1. The molecule has 0 aliphatic carbocycles. The molecule has 1 aromatic heterocycles. The molecule has 25 heavy (non-hydrogen) atoms. The first-order valence-corrected chi connectivity index (χ1v) is 8.57. The van der Waals surface area contributed by atoms with Crippen LogP contribution in [0.4, 0.5) is 0 Å². The Labute approximate surface area is 147 Å². The molecule has 3 aromatic rings. The lowest BCUT2D eigenvalue weighted by Gasteiger charge is -2.10. The molecule has 0 spiro atoms. The molecule has 0 aliphatic heterocycles. The zero-order valence-corrected chi connectivity index (χ0v) is 14.7. The third-order valence-electron chi connectivity index (χ3n) is 4.20. The Kier molecular flexibility index (Phi) is 5.33. The Balaban J connectivity index is 1.48. The van der Waals surface area contributed by atoms with Gasteiger partial charge in [0.1, 0.15) is 11.6 Å². The molecule has 0 saturated carbocycles. The maximum atomic E-state index is 12.0. The summed E-state index contributed by atoms with van der Waals surface area (Å²) < 4.78 is 7.63. The van der Waals surface area contributed by atoms with E-state index in [0.29, 0.717) is 18.8 Å². The molecular weight excluding hydrogens is 314 g/mol. The molecule has 130 valence electrons. The van der Waals surface area contributed by atoms with Crippen LogP contribution in [0.3, 0.4) is 0 Å². The number of carbonyl (C=O) groups is 1. The van der Waals surface area contributed by atoms with Crippen molar-refractivity contribution in [2.45, 2.75) is 26.8 Å².